The Morgan fingerprint density at radius 2 is 1.79 bits per heavy atom. The average Bonchev–Trinajstić information content (AvgIpc) is 3.38. The standard InChI is InChI=1S/C19H27N3O2/c1-14-5-4-6-16(13-14)21-9-11-22(12-10-21)18(24)19(2,3)17(23)20-15-7-8-15/h4-6,13,15H,7-12H2,1-3H3,(H,20,23). The highest BCUT2D eigenvalue weighted by Gasteiger charge is 2.41. The summed E-state index contributed by atoms with van der Waals surface area (Å²) < 4.78 is 0. The van der Waals surface area contributed by atoms with Gasteiger partial charge >= 0.3 is 0 Å². The van der Waals surface area contributed by atoms with E-state index < -0.39 is 5.41 Å². The summed E-state index contributed by atoms with van der Waals surface area (Å²) in [6, 6.07) is 8.71. The van der Waals surface area contributed by atoms with Crippen molar-refractivity contribution in [2.75, 3.05) is 31.1 Å². The number of anilines is 1. The van der Waals surface area contributed by atoms with Gasteiger partial charge in [0.05, 0.1) is 0 Å². The molecule has 1 aliphatic carbocycles. The van der Waals surface area contributed by atoms with Gasteiger partial charge < -0.3 is 15.1 Å². The van der Waals surface area contributed by atoms with Gasteiger partial charge in [-0.1, -0.05) is 12.1 Å². The minimum Gasteiger partial charge on any atom is -0.368 e. The number of benzene rings is 1. The average molecular weight is 329 g/mol. The largest absolute Gasteiger partial charge is 0.368 e. The van der Waals surface area contributed by atoms with E-state index in [0.29, 0.717) is 13.1 Å². The van der Waals surface area contributed by atoms with Crippen molar-refractivity contribution in [1.29, 1.82) is 0 Å². The van der Waals surface area contributed by atoms with Gasteiger partial charge in [-0.2, -0.15) is 0 Å². The first-order valence-corrected chi connectivity index (χ1v) is 8.80. The minimum absolute atomic E-state index is 0.0652. The molecule has 1 saturated heterocycles. The Balaban J connectivity index is 1.59. The first-order chi connectivity index (χ1) is 11.4. The van der Waals surface area contributed by atoms with Gasteiger partial charge in [-0.15, -0.1) is 0 Å². The summed E-state index contributed by atoms with van der Waals surface area (Å²) in [7, 11) is 0. The Hall–Kier alpha value is -2.04. The van der Waals surface area contributed by atoms with E-state index in [0.717, 1.165) is 25.9 Å². The second-order valence-corrected chi connectivity index (χ2v) is 7.49. The second kappa shape index (κ2) is 6.46. The van der Waals surface area contributed by atoms with E-state index in [-0.39, 0.29) is 17.9 Å². The molecule has 5 nitrogen and oxygen atoms in total. The van der Waals surface area contributed by atoms with Gasteiger partial charge in [-0.3, -0.25) is 9.59 Å². The summed E-state index contributed by atoms with van der Waals surface area (Å²) in [5.41, 5.74) is 1.45. The second-order valence-electron chi connectivity index (χ2n) is 7.49. The van der Waals surface area contributed by atoms with Crippen LogP contribution in [0, 0.1) is 12.3 Å². The number of nitrogens with zero attached hydrogens (tertiary/aromatic N) is 2. The van der Waals surface area contributed by atoms with Gasteiger partial charge in [0.15, 0.2) is 0 Å². The number of aryl methyl sites for hydroxylation is 1. The van der Waals surface area contributed by atoms with Crippen LogP contribution in [0.1, 0.15) is 32.3 Å². The molecule has 2 amide bonds. The fourth-order valence-electron chi connectivity index (χ4n) is 3.08. The number of carbonyl (C=O) groups is 2. The fraction of sp³-hybridized carbons (Fsp3) is 0.579. The van der Waals surface area contributed by atoms with Crippen molar-refractivity contribution in [3.05, 3.63) is 29.8 Å². The van der Waals surface area contributed by atoms with Gasteiger partial charge in [0, 0.05) is 37.9 Å². The summed E-state index contributed by atoms with van der Waals surface area (Å²) in [5, 5.41) is 2.96. The molecule has 0 spiro atoms. The van der Waals surface area contributed by atoms with Gasteiger partial charge in [0.25, 0.3) is 0 Å². The third-order valence-electron chi connectivity index (χ3n) is 4.95. The number of carbonyl (C=O) groups excluding carboxylic acids is 2. The predicted octanol–water partition coefficient (Wildman–Crippen LogP) is 1.95. The minimum atomic E-state index is -0.992. The molecule has 0 aromatic heterocycles. The fourth-order valence-corrected chi connectivity index (χ4v) is 3.08. The zero-order chi connectivity index (χ0) is 17.3. The highest BCUT2D eigenvalue weighted by atomic mass is 16.2. The van der Waals surface area contributed by atoms with Crippen LogP contribution in [0.15, 0.2) is 24.3 Å². The first kappa shape index (κ1) is 16.8. The molecule has 1 N–H and O–H groups in total. The number of hydrogen-bond donors (Lipinski definition) is 1. The molecule has 2 aliphatic rings. The van der Waals surface area contributed by atoms with E-state index in [1.54, 1.807) is 13.8 Å². The molecule has 0 unspecified atom stereocenters. The van der Waals surface area contributed by atoms with Crippen molar-refractivity contribution in [1.82, 2.24) is 10.2 Å². The summed E-state index contributed by atoms with van der Waals surface area (Å²) in [6.07, 6.45) is 2.07. The number of nitrogens with one attached hydrogen (secondary N) is 1. The van der Waals surface area contributed by atoms with Crippen LogP contribution in [0.4, 0.5) is 5.69 Å². The maximum Gasteiger partial charge on any atom is 0.237 e. The molecule has 5 heteroatoms. The highest BCUT2D eigenvalue weighted by Crippen LogP contribution is 2.26. The Morgan fingerprint density at radius 1 is 1.12 bits per heavy atom. The zero-order valence-corrected chi connectivity index (χ0v) is 14.8. The SMILES string of the molecule is Cc1cccc(N2CCN(C(=O)C(C)(C)C(=O)NC3CC3)CC2)c1. The van der Waals surface area contributed by atoms with E-state index in [9.17, 15) is 9.59 Å². The summed E-state index contributed by atoms with van der Waals surface area (Å²) in [4.78, 5) is 29.3. The van der Waals surface area contributed by atoms with Crippen LogP contribution in [0.25, 0.3) is 0 Å². The lowest BCUT2D eigenvalue weighted by Crippen LogP contribution is -2.55. The van der Waals surface area contributed by atoms with Crippen LogP contribution in [-0.2, 0) is 9.59 Å². The molecule has 2 fully saturated rings. The van der Waals surface area contributed by atoms with Crippen LogP contribution in [0.5, 0.6) is 0 Å². The maximum absolute atomic E-state index is 12.8. The number of rotatable bonds is 4. The molecule has 0 bridgehead atoms. The molecule has 0 radical (unpaired) electrons. The van der Waals surface area contributed by atoms with Crippen molar-refractivity contribution in [3.63, 3.8) is 0 Å². The quantitative estimate of drug-likeness (QED) is 0.859. The van der Waals surface area contributed by atoms with Gasteiger partial charge in [-0.25, -0.2) is 0 Å². The number of hydrogen-bond acceptors (Lipinski definition) is 3. The van der Waals surface area contributed by atoms with Crippen LogP contribution in [-0.4, -0.2) is 48.9 Å². The molecular weight excluding hydrogens is 302 g/mol. The van der Waals surface area contributed by atoms with Gasteiger partial charge in [-0.05, 0) is 51.3 Å². The number of piperazine rings is 1. The molecule has 1 aromatic rings. The normalized spacial score (nSPS) is 18.5. The molecular formula is C19H27N3O2. The molecule has 1 heterocycles. The van der Waals surface area contributed by atoms with E-state index in [1.807, 2.05) is 4.90 Å². The van der Waals surface area contributed by atoms with E-state index in [2.05, 4.69) is 41.4 Å². The molecule has 1 aliphatic heterocycles. The number of amides is 2. The monoisotopic (exact) mass is 329 g/mol. The lowest BCUT2D eigenvalue weighted by molar-refractivity contribution is -0.148. The Kier molecular flexibility index (Phi) is 4.52. The molecule has 24 heavy (non-hydrogen) atoms. The molecule has 3 rings (SSSR count). The van der Waals surface area contributed by atoms with Gasteiger partial charge in [0.2, 0.25) is 11.8 Å². The molecule has 1 saturated carbocycles. The van der Waals surface area contributed by atoms with Crippen LogP contribution >= 0.6 is 0 Å². The third-order valence-corrected chi connectivity index (χ3v) is 4.95. The lowest BCUT2D eigenvalue weighted by atomic mass is 9.90. The van der Waals surface area contributed by atoms with E-state index in [1.165, 1.54) is 11.3 Å². The van der Waals surface area contributed by atoms with Crippen molar-refractivity contribution < 1.29 is 9.59 Å². The Labute approximate surface area is 144 Å². The molecule has 1 aromatic carbocycles. The lowest BCUT2D eigenvalue weighted by Gasteiger charge is -2.39. The van der Waals surface area contributed by atoms with E-state index >= 15 is 0 Å². The van der Waals surface area contributed by atoms with Crippen molar-refractivity contribution in [3.8, 4) is 0 Å². The van der Waals surface area contributed by atoms with Gasteiger partial charge in [0.1, 0.15) is 5.41 Å². The Morgan fingerprint density at radius 3 is 2.38 bits per heavy atom. The molecule has 0 atom stereocenters. The maximum atomic E-state index is 12.8. The van der Waals surface area contributed by atoms with Crippen LogP contribution in [0.3, 0.4) is 0 Å². The van der Waals surface area contributed by atoms with Crippen LogP contribution < -0.4 is 10.2 Å². The van der Waals surface area contributed by atoms with Crippen molar-refractivity contribution >= 4 is 17.5 Å². The summed E-state index contributed by atoms with van der Waals surface area (Å²) >= 11 is 0. The zero-order valence-electron chi connectivity index (χ0n) is 14.8. The first-order valence-electron chi connectivity index (χ1n) is 8.80. The van der Waals surface area contributed by atoms with Crippen molar-refractivity contribution in [2.45, 2.75) is 39.7 Å². The van der Waals surface area contributed by atoms with E-state index in [4.69, 9.17) is 0 Å². The summed E-state index contributed by atoms with van der Waals surface area (Å²) in [5.74, 6) is -0.208. The third kappa shape index (κ3) is 3.55. The molecule has 130 valence electrons. The predicted molar refractivity (Wildman–Crippen MR) is 94.9 cm³/mol. The van der Waals surface area contributed by atoms with Crippen LogP contribution in [0.2, 0.25) is 0 Å². The highest BCUT2D eigenvalue weighted by molar-refractivity contribution is 6.04. The Bertz CT molecular complexity index is 629. The topological polar surface area (TPSA) is 52.7 Å². The smallest absolute Gasteiger partial charge is 0.237 e. The van der Waals surface area contributed by atoms with Crippen molar-refractivity contribution in [2.24, 2.45) is 5.41 Å². The summed E-state index contributed by atoms with van der Waals surface area (Å²) in [6.45, 7) is 8.48.